The minimum Gasteiger partial charge on any atom is -0.493 e. The third-order valence-corrected chi connectivity index (χ3v) is 5.25. The molecule has 0 spiro atoms. The molecule has 164 valence electrons. The Kier molecular flexibility index (Phi) is 6.79. The molecule has 1 heterocycles. The fourth-order valence-electron chi connectivity index (χ4n) is 3.49. The highest BCUT2D eigenvalue weighted by Crippen LogP contribution is 2.28. The number of methoxy groups -OCH3 is 2. The van der Waals surface area contributed by atoms with E-state index in [1.807, 2.05) is 31.2 Å². The van der Waals surface area contributed by atoms with Gasteiger partial charge in [0.2, 0.25) is 5.91 Å². The van der Waals surface area contributed by atoms with Gasteiger partial charge in [-0.25, -0.2) is 4.79 Å². The van der Waals surface area contributed by atoms with Crippen molar-refractivity contribution in [3.05, 3.63) is 53.6 Å². The van der Waals surface area contributed by atoms with Gasteiger partial charge < -0.3 is 14.8 Å². The summed E-state index contributed by atoms with van der Waals surface area (Å²) in [5.41, 5.74) is 2.65. The van der Waals surface area contributed by atoms with E-state index in [0.29, 0.717) is 30.2 Å². The van der Waals surface area contributed by atoms with Crippen LogP contribution in [0.4, 0.5) is 10.5 Å². The number of carbonyl (C=O) groups is 3. The number of rotatable bonds is 8. The van der Waals surface area contributed by atoms with Crippen molar-refractivity contribution in [2.45, 2.75) is 26.3 Å². The Bertz CT molecular complexity index is 974. The summed E-state index contributed by atoms with van der Waals surface area (Å²) in [7, 11) is 3.13. The third-order valence-electron chi connectivity index (χ3n) is 5.25. The minimum atomic E-state index is -0.658. The molecule has 8 heteroatoms. The maximum Gasteiger partial charge on any atom is 0.332 e. The Morgan fingerprint density at radius 1 is 1.03 bits per heavy atom. The molecule has 0 radical (unpaired) electrons. The van der Waals surface area contributed by atoms with E-state index in [9.17, 15) is 14.4 Å². The number of imide groups is 1. The zero-order valence-corrected chi connectivity index (χ0v) is 18.2. The predicted octanol–water partition coefficient (Wildman–Crippen LogP) is 2.53. The van der Waals surface area contributed by atoms with Crippen LogP contribution in [0.1, 0.15) is 18.1 Å². The summed E-state index contributed by atoms with van der Waals surface area (Å²) in [5.74, 6) is 0.471. The number of nitrogens with one attached hydrogen (secondary N) is 1. The van der Waals surface area contributed by atoms with Gasteiger partial charge in [0, 0.05) is 12.2 Å². The first-order valence-corrected chi connectivity index (χ1v) is 10.0. The number of amides is 4. The quantitative estimate of drug-likeness (QED) is 0.657. The molecule has 1 unspecified atom stereocenters. The van der Waals surface area contributed by atoms with Crippen molar-refractivity contribution >= 4 is 23.5 Å². The Morgan fingerprint density at radius 3 is 2.35 bits per heavy atom. The molecule has 1 N–H and O–H groups in total. The van der Waals surface area contributed by atoms with Crippen LogP contribution in [0.15, 0.2) is 42.5 Å². The Labute approximate surface area is 181 Å². The molecule has 1 atom stereocenters. The second-order valence-electron chi connectivity index (χ2n) is 7.38. The molecule has 1 saturated heterocycles. The lowest BCUT2D eigenvalue weighted by atomic mass is 10.1. The van der Waals surface area contributed by atoms with Gasteiger partial charge in [-0.1, -0.05) is 23.8 Å². The first-order valence-electron chi connectivity index (χ1n) is 10.0. The number of anilines is 1. The normalized spacial score (nSPS) is 15.9. The van der Waals surface area contributed by atoms with Gasteiger partial charge in [0.25, 0.3) is 5.91 Å². The molecule has 1 aliphatic rings. The summed E-state index contributed by atoms with van der Waals surface area (Å²) in [6.45, 7) is 3.66. The molecule has 2 aromatic carbocycles. The molecule has 0 aromatic heterocycles. The van der Waals surface area contributed by atoms with E-state index in [-0.39, 0.29) is 18.4 Å². The topological polar surface area (TPSA) is 88.2 Å². The number of hydrogen-bond acceptors (Lipinski definition) is 5. The van der Waals surface area contributed by atoms with Gasteiger partial charge in [-0.15, -0.1) is 0 Å². The van der Waals surface area contributed by atoms with Gasteiger partial charge >= 0.3 is 6.03 Å². The number of benzene rings is 2. The second-order valence-corrected chi connectivity index (χ2v) is 7.38. The zero-order valence-electron chi connectivity index (χ0n) is 18.2. The SMILES string of the molecule is COc1ccc(CCNC(=O)CN2C(=O)C(C)N(c3ccc(C)cc3)C2=O)cc1OC. The van der Waals surface area contributed by atoms with Crippen LogP contribution in [0, 0.1) is 6.92 Å². The fourth-order valence-corrected chi connectivity index (χ4v) is 3.49. The smallest absolute Gasteiger partial charge is 0.332 e. The van der Waals surface area contributed by atoms with Gasteiger partial charge in [0.15, 0.2) is 11.5 Å². The van der Waals surface area contributed by atoms with Gasteiger partial charge in [0.1, 0.15) is 12.6 Å². The lowest BCUT2D eigenvalue weighted by molar-refractivity contribution is -0.131. The van der Waals surface area contributed by atoms with Crippen LogP contribution in [-0.4, -0.2) is 56.1 Å². The highest BCUT2D eigenvalue weighted by Gasteiger charge is 2.43. The van der Waals surface area contributed by atoms with Crippen LogP contribution in [0.5, 0.6) is 11.5 Å². The number of aryl methyl sites for hydroxylation is 1. The van der Waals surface area contributed by atoms with Crippen molar-refractivity contribution in [1.82, 2.24) is 10.2 Å². The highest BCUT2D eigenvalue weighted by molar-refractivity contribution is 6.15. The first kappa shape index (κ1) is 22.1. The van der Waals surface area contributed by atoms with Crippen molar-refractivity contribution in [3.63, 3.8) is 0 Å². The molecule has 3 rings (SSSR count). The molecule has 8 nitrogen and oxygen atoms in total. The zero-order chi connectivity index (χ0) is 22.5. The number of nitrogens with zero attached hydrogens (tertiary/aromatic N) is 2. The van der Waals surface area contributed by atoms with E-state index in [0.717, 1.165) is 16.0 Å². The predicted molar refractivity (Wildman–Crippen MR) is 116 cm³/mol. The third kappa shape index (κ3) is 4.79. The van der Waals surface area contributed by atoms with E-state index in [1.165, 1.54) is 4.90 Å². The van der Waals surface area contributed by atoms with Crippen molar-refractivity contribution in [2.75, 3.05) is 32.2 Å². The summed E-state index contributed by atoms with van der Waals surface area (Å²) in [5, 5.41) is 2.77. The van der Waals surface area contributed by atoms with Crippen LogP contribution < -0.4 is 19.7 Å². The molecule has 4 amide bonds. The molecular weight excluding hydrogens is 398 g/mol. The molecule has 0 aliphatic carbocycles. The summed E-state index contributed by atoms with van der Waals surface area (Å²) in [6, 6.07) is 11.7. The number of urea groups is 1. The first-order chi connectivity index (χ1) is 14.8. The van der Waals surface area contributed by atoms with Crippen LogP contribution in [0.2, 0.25) is 0 Å². The van der Waals surface area contributed by atoms with Crippen LogP contribution >= 0.6 is 0 Å². The van der Waals surface area contributed by atoms with Gasteiger partial charge in [-0.3, -0.25) is 19.4 Å². The maximum atomic E-state index is 12.8. The van der Waals surface area contributed by atoms with E-state index in [2.05, 4.69) is 5.32 Å². The van der Waals surface area contributed by atoms with Gasteiger partial charge in [0.05, 0.1) is 14.2 Å². The van der Waals surface area contributed by atoms with Crippen molar-refractivity contribution < 1.29 is 23.9 Å². The maximum absolute atomic E-state index is 12.8. The van der Waals surface area contributed by atoms with Crippen molar-refractivity contribution in [1.29, 1.82) is 0 Å². The summed E-state index contributed by atoms with van der Waals surface area (Å²) in [6.07, 6.45) is 0.569. The molecular formula is C23H27N3O5. The lowest BCUT2D eigenvalue weighted by Gasteiger charge is -2.19. The van der Waals surface area contributed by atoms with Crippen LogP contribution in [-0.2, 0) is 16.0 Å². The monoisotopic (exact) mass is 425 g/mol. The molecule has 1 aliphatic heterocycles. The summed E-state index contributed by atoms with van der Waals surface area (Å²) < 4.78 is 10.5. The fraction of sp³-hybridized carbons (Fsp3) is 0.348. The van der Waals surface area contributed by atoms with E-state index >= 15 is 0 Å². The molecule has 0 bridgehead atoms. The molecule has 2 aromatic rings. The summed E-state index contributed by atoms with van der Waals surface area (Å²) in [4.78, 5) is 40.2. The van der Waals surface area contributed by atoms with Crippen LogP contribution in [0.25, 0.3) is 0 Å². The standard InChI is InChI=1S/C23H27N3O5/c1-15-5-8-18(9-6-15)26-16(2)22(28)25(23(26)29)14-21(27)24-12-11-17-7-10-19(30-3)20(13-17)31-4/h5-10,13,16H,11-12,14H2,1-4H3,(H,24,27). The number of ether oxygens (including phenoxy) is 2. The average molecular weight is 425 g/mol. The number of hydrogen-bond donors (Lipinski definition) is 1. The Balaban J connectivity index is 1.57. The highest BCUT2D eigenvalue weighted by atomic mass is 16.5. The largest absolute Gasteiger partial charge is 0.493 e. The average Bonchev–Trinajstić information content (AvgIpc) is 2.97. The van der Waals surface area contributed by atoms with Gasteiger partial charge in [-0.05, 0) is 50.1 Å². The minimum absolute atomic E-state index is 0.309. The van der Waals surface area contributed by atoms with Gasteiger partial charge in [-0.2, -0.15) is 0 Å². The van der Waals surface area contributed by atoms with Crippen molar-refractivity contribution in [3.8, 4) is 11.5 Å². The number of carbonyl (C=O) groups excluding carboxylic acids is 3. The Morgan fingerprint density at radius 2 is 1.71 bits per heavy atom. The summed E-state index contributed by atoms with van der Waals surface area (Å²) >= 11 is 0. The van der Waals surface area contributed by atoms with Crippen molar-refractivity contribution in [2.24, 2.45) is 0 Å². The van der Waals surface area contributed by atoms with Crippen LogP contribution in [0.3, 0.4) is 0 Å². The lowest BCUT2D eigenvalue weighted by Crippen LogP contribution is -2.42. The Hall–Kier alpha value is -3.55. The molecule has 1 fully saturated rings. The molecule has 0 saturated carbocycles. The second kappa shape index (κ2) is 9.51. The van der Waals surface area contributed by atoms with E-state index < -0.39 is 12.1 Å². The van der Waals surface area contributed by atoms with E-state index in [4.69, 9.17) is 9.47 Å². The van der Waals surface area contributed by atoms with E-state index in [1.54, 1.807) is 39.3 Å². The molecule has 31 heavy (non-hydrogen) atoms.